The fourth-order valence-electron chi connectivity index (χ4n) is 3.27. The van der Waals surface area contributed by atoms with Gasteiger partial charge in [0.2, 0.25) is 0 Å². The minimum atomic E-state index is -0.475. The number of ether oxygens (including phenoxy) is 2. The van der Waals surface area contributed by atoms with Crippen molar-refractivity contribution < 1.29 is 19.1 Å². The Balaban J connectivity index is 1.75. The number of benzene rings is 2. The molecular weight excluding hydrogens is 380 g/mol. The third kappa shape index (κ3) is 4.90. The first-order chi connectivity index (χ1) is 13.6. The van der Waals surface area contributed by atoms with E-state index in [-0.39, 0.29) is 11.9 Å². The largest absolute Gasteiger partial charge is 0.465 e. The molecule has 0 saturated carbocycles. The van der Waals surface area contributed by atoms with Crippen LogP contribution >= 0.6 is 11.6 Å². The van der Waals surface area contributed by atoms with Crippen LogP contribution in [0.2, 0.25) is 5.02 Å². The quantitative estimate of drug-likeness (QED) is 0.752. The second kappa shape index (κ2) is 9.68. The zero-order valence-electron chi connectivity index (χ0n) is 15.7. The highest BCUT2D eigenvalue weighted by atomic mass is 35.5. The molecule has 6 nitrogen and oxygen atoms in total. The zero-order chi connectivity index (χ0) is 19.9. The van der Waals surface area contributed by atoms with Crippen LogP contribution < -0.4 is 5.32 Å². The molecule has 1 N–H and O–H groups in total. The maximum absolute atomic E-state index is 12.7. The molecule has 1 aliphatic heterocycles. The molecular formula is C21H23ClN2O4. The number of nitrogens with one attached hydrogen (secondary N) is 1. The number of nitrogens with zero attached hydrogens (tertiary/aromatic N) is 1. The number of carbonyl (C=O) groups excluding carboxylic acids is 2. The SMILES string of the molecule is COC(=O)c1cccc(C(=O)NCC(c2ccccc2Cl)N2CCOCC2)c1. The molecule has 148 valence electrons. The van der Waals surface area contributed by atoms with Gasteiger partial charge in [-0.1, -0.05) is 35.9 Å². The van der Waals surface area contributed by atoms with Gasteiger partial charge in [-0.15, -0.1) is 0 Å². The zero-order valence-corrected chi connectivity index (χ0v) is 16.4. The molecule has 1 fully saturated rings. The van der Waals surface area contributed by atoms with E-state index in [1.165, 1.54) is 13.2 Å². The fraction of sp³-hybridized carbons (Fsp3) is 0.333. The van der Waals surface area contributed by atoms with Gasteiger partial charge in [0.05, 0.1) is 31.9 Å². The molecule has 3 rings (SSSR count). The van der Waals surface area contributed by atoms with Crippen LogP contribution in [0.25, 0.3) is 0 Å². The Morgan fingerprint density at radius 2 is 1.86 bits per heavy atom. The molecule has 0 aliphatic carbocycles. The number of halogens is 1. The summed E-state index contributed by atoms with van der Waals surface area (Å²) in [5.41, 5.74) is 1.71. The van der Waals surface area contributed by atoms with Crippen LogP contribution in [0.4, 0.5) is 0 Å². The smallest absolute Gasteiger partial charge is 0.337 e. The topological polar surface area (TPSA) is 67.9 Å². The molecule has 0 radical (unpaired) electrons. The van der Waals surface area contributed by atoms with Gasteiger partial charge in [-0.05, 0) is 29.8 Å². The van der Waals surface area contributed by atoms with Crippen LogP contribution in [0, 0.1) is 0 Å². The van der Waals surface area contributed by atoms with Crippen molar-refractivity contribution in [2.75, 3.05) is 40.0 Å². The molecule has 2 aromatic rings. The van der Waals surface area contributed by atoms with Gasteiger partial charge in [0, 0.05) is 30.2 Å². The van der Waals surface area contributed by atoms with Gasteiger partial charge < -0.3 is 14.8 Å². The number of rotatable bonds is 6. The van der Waals surface area contributed by atoms with Gasteiger partial charge in [0.1, 0.15) is 0 Å². The van der Waals surface area contributed by atoms with E-state index < -0.39 is 5.97 Å². The average molecular weight is 403 g/mol. The number of hydrogen-bond acceptors (Lipinski definition) is 5. The van der Waals surface area contributed by atoms with Crippen LogP contribution in [-0.4, -0.2) is 56.7 Å². The van der Waals surface area contributed by atoms with Gasteiger partial charge in [-0.25, -0.2) is 4.79 Å². The Morgan fingerprint density at radius 3 is 2.57 bits per heavy atom. The molecule has 28 heavy (non-hydrogen) atoms. The summed E-state index contributed by atoms with van der Waals surface area (Å²) >= 11 is 6.42. The molecule has 1 amide bonds. The van der Waals surface area contributed by atoms with Gasteiger partial charge >= 0.3 is 5.97 Å². The normalized spacial score (nSPS) is 15.6. The van der Waals surface area contributed by atoms with Gasteiger partial charge in [-0.2, -0.15) is 0 Å². The molecule has 0 bridgehead atoms. The van der Waals surface area contributed by atoms with Crippen molar-refractivity contribution in [1.29, 1.82) is 0 Å². The average Bonchev–Trinajstić information content (AvgIpc) is 2.75. The molecule has 7 heteroatoms. The van der Waals surface area contributed by atoms with Crippen molar-refractivity contribution in [2.24, 2.45) is 0 Å². The third-order valence-corrected chi connectivity index (χ3v) is 5.10. The summed E-state index contributed by atoms with van der Waals surface area (Å²) in [6.07, 6.45) is 0. The molecule has 1 aliphatic rings. The fourth-order valence-corrected chi connectivity index (χ4v) is 3.53. The van der Waals surface area contributed by atoms with E-state index in [0.717, 1.165) is 18.7 Å². The van der Waals surface area contributed by atoms with E-state index in [1.54, 1.807) is 18.2 Å². The summed E-state index contributed by atoms with van der Waals surface area (Å²) in [5.74, 6) is -0.729. The maximum atomic E-state index is 12.7. The number of amides is 1. The summed E-state index contributed by atoms with van der Waals surface area (Å²) in [6.45, 7) is 3.23. The summed E-state index contributed by atoms with van der Waals surface area (Å²) in [5, 5.41) is 3.64. The molecule has 1 saturated heterocycles. The summed E-state index contributed by atoms with van der Waals surface area (Å²) in [4.78, 5) is 26.6. The minimum Gasteiger partial charge on any atom is -0.465 e. The van der Waals surface area contributed by atoms with E-state index in [0.29, 0.717) is 35.9 Å². The maximum Gasteiger partial charge on any atom is 0.337 e. The minimum absolute atomic E-state index is 0.0645. The van der Waals surface area contributed by atoms with Crippen LogP contribution in [0.3, 0.4) is 0 Å². The number of morpholine rings is 1. The second-order valence-corrected chi connectivity index (χ2v) is 6.88. The Hall–Kier alpha value is -2.41. The number of esters is 1. The van der Waals surface area contributed by atoms with Crippen molar-refractivity contribution >= 4 is 23.5 Å². The van der Waals surface area contributed by atoms with Gasteiger partial charge in [-0.3, -0.25) is 9.69 Å². The third-order valence-electron chi connectivity index (χ3n) is 4.75. The monoisotopic (exact) mass is 402 g/mol. The predicted molar refractivity (Wildman–Crippen MR) is 107 cm³/mol. The standard InChI is InChI=1S/C21H23ClN2O4/c1-27-21(26)16-6-4-5-15(13-16)20(25)23-14-19(24-9-11-28-12-10-24)17-7-2-3-8-18(17)22/h2-8,13,19H,9-12,14H2,1H3,(H,23,25). The number of carbonyl (C=O) groups is 2. The lowest BCUT2D eigenvalue weighted by Crippen LogP contribution is -2.44. The lowest BCUT2D eigenvalue weighted by atomic mass is 10.0. The lowest BCUT2D eigenvalue weighted by molar-refractivity contribution is 0.0162. The van der Waals surface area contributed by atoms with Crippen molar-refractivity contribution in [3.63, 3.8) is 0 Å². The molecule has 0 aromatic heterocycles. The summed E-state index contributed by atoms with van der Waals surface area (Å²) in [6, 6.07) is 14.1. The molecule has 2 aromatic carbocycles. The Labute approximate surface area is 169 Å². The van der Waals surface area contributed by atoms with Crippen LogP contribution in [0.5, 0.6) is 0 Å². The summed E-state index contributed by atoms with van der Waals surface area (Å²) < 4.78 is 10.2. The van der Waals surface area contributed by atoms with Crippen molar-refractivity contribution in [2.45, 2.75) is 6.04 Å². The Kier molecular flexibility index (Phi) is 7.03. The first kappa shape index (κ1) is 20.3. The molecule has 1 unspecified atom stereocenters. The summed E-state index contributed by atoms with van der Waals surface area (Å²) in [7, 11) is 1.31. The van der Waals surface area contributed by atoms with E-state index in [4.69, 9.17) is 21.1 Å². The first-order valence-corrected chi connectivity index (χ1v) is 9.50. The van der Waals surface area contributed by atoms with Gasteiger partial charge in [0.15, 0.2) is 0 Å². The van der Waals surface area contributed by atoms with Gasteiger partial charge in [0.25, 0.3) is 5.91 Å². The first-order valence-electron chi connectivity index (χ1n) is 9.13. The lowest BCUT2D eigenvalue weighted by Gasteiger charge is -2.35. The highest BCUT2D eigenvalue weighted by molar-refractivity contribution is 6.31. The molecule has 0 spiro atoms. The van der Waals surface area contributed by atoms with Crippen LogP contribution in [0.1, 0.15) is 32.3 Å². The van der Waals surface area contributed by atoms with Crippen molar-refractivity contribution in [1.82, 2.24) is 10.2 Å². The van der Waals surface area contributed by atoms with Crippen molar-refractivity contribution in [3.05, 3.63) is 70.2 Å². The van der Waals surface area contributed by atoms with Crippen molar-refractivity contribution in [3.8, 4) is 0 Å². The second-order valence-electron chi connectivity index (χ2n) is 6.47. The molecule has 1 heterocycles. The highest BCUT2D eigenvalue weighted by Gasteiger charge is 2.25. The van der Waals surface area contributed by atoms with Crippen LogP contribution in [0.15, 0.2) is 48.5 Å². The number of hydrogen-bond donors (Lipinski definition) is 1. The Bertz CT molecular complexity index is 837. The predicted octanol–water partition coefficient (Wildman–Crippen LogP) is 2.93. The molecule has 1 atom stereocenters. The van der Waals surface area contributed by atoms with E-state index in [1.807, 2.05) is 24.3 Å². The Morgan fingerprint density at radius 1 is 1.14 bits per heavy atom. The number of methoxy groups -OCH3 is 1. The van der Waals surface area contributed by atoms with E-state index >= 15 is 0 Å². The highest BCUT2D eigenvalue weighted by Crippen LogP contribution is 2.27. The van der Waals surface area contributed by atoms with Crippen LogP contribution in [-0.2, 0) is 9.47 Å². The van der Waals surface area contributed by atoms with E-state index in [2.05, 4.69) is 10.2 Å². The van der Waals surface area contributed by atoms with E-state index in [9.17, 15) is 9.59 Å².